The Labute approximate surface area is 74.9 Å². The average molecular weight is 295 g/mol. The summed E-state index contributed by atoms with van der Waals surface area (Å²) in [6.07, 6.45) is 0. The summed E-state index contributed by atoms with van der Waals surface area (Å²) < 4.78 is 7.81. The van der Waals surface area contributed by atoms with Crippen LogP contribution < -0.4 is 0 Å². The van der Waals surface area contributed by atoms with E-state index >= 15 is 0 Å². The van der Waals surface area contributed by atoms with E-state index < -0.39 is 0 Å². The Morgan fingerprint density at radius 2 is 1.25 bits per heavy atom. The molecule has 0 saturated heterocycles. The van der Waals surface area contributed by atoms with Gasteiger partial charge in [0.25, 0.3) is 0 Å². The van der Waals surface area contributed by atoms with Crippen molar-refractivity contribution in [2.45, 2.75) is 0 Å². The van der Waals surface area contributed by atoms with E-state index in [0.717, 1.165) is 0 Å². The molecule has 0 heterocycles. The summed E-state index contributed by atoms with van der Waals surface area (Å²) in [5.74, 6) is 0. The molecule has 0 aromatic heterocycles. The third-order valence-electron chi connectivity index (χ3n) is 0. The van der Waals surface area contributed by atoms with Gasteiger partial charge < -0.3 is 0 Å². The van der Waals surface area contributed by atoms with E-state index in [1.165, 1.54) is 0 Å². The molecule has 0 aliphatic heterocycles. The van der Waals surface area contributed by atoms with Crippen molar-refractivity contribution in [1.29, 1.82) is 0 Å². The molecule has 0 amide bonds. The standard InChI is InChI=1S/Cu.Gd.Ni.O. The van der Waals surface area contributed by atoms with Gasteiger partial charge in [-0.05, 0) is 0 Å². The van der Waals surface area contributed by atoms with Crippen LogP contribution in [0.5, 0.6) is 0 Å². The van der Waals surface area contributed by atoms with Gasteiger partial charge in [-0.2, -0.15) is 0 Å². The predicted octanol–water partition coefficient (Wildman–Crippen LogP) is -0.124. The molecule has 0 aliphatic carbocycles. The van der Waals surface area contributed by atoms with Crippen LogP contribution >= 0.6 is 0 Å². The van der Waals surface area contributed by atoms with Crippen molar-refractivity contribution < 1.29 is 76.2 Å². The van der Waals surface area contributed by atoms with Crippen molar-refractivity contribution in [2.24, 2.45) is 0 Å². The number of hydrogen-bond acceptors (Lipinski definition) is 1. The first-order valence-corrected chi connectivity index (χ1v) is 0.508. The average Bonchev–Trinajstić information content (AvgIpc) is 1.00. The fraction of sp³-hybridized carbons (Fsp3) is 0. The molecule has 0 radical (unpaired) electrons. The Morgan fingerprint density at radius 3 is 1.25 bits per heavy atom. The molecule has 4 heavy (non-hydrogen) atoms. The Balaban J connectivity index is -0.00000000500. The van der Waals surface area contributed by atoms with Gasteiger partial charge in [-0.25, -0.2) is 0 Å². The van der Waals surface area contributed by atoms with Crippen LogP contribution in [0.25, 0.3) is 0 Å². The molecule has 0 aromatic rings. The van der Waals surface area contributed by atoms with Gasteiger partial charge in [0.1, 0.15) is 0 Å². The van der Waals surface area contributed by atoms with E-state index in [0.29, 0.717) is 0 Å². The van der Waals surface area contributed by atoms with Gasteiger partial charge in [-0.1, -0.05) is 0 Å². The minimum absolute atomic E-state index is 0. The second-order valence-electron chi connectivity index (χ2n) is 0. The molecule has 0 spiro atoms. The summed E-state index contributed by atoms with van der Waals surface area (Å²) >= 11 is 2.94. The molecule has 0 N–H and O–H groups in total. The molecule has 1 nitrogen and oxygen atoms in total. The minimum atomic E-state index is 0. The summed E-state index contributed by atoms with van der Waals surface area (Å²) in [6.45, 7) is 0. The van der Waals surface area contributed by atoms with Crippen molar-refractivity contribution >= 4 is 0 Å². The van der Waals surface area contributed by atoms with E-state index in [4.69, 9.17) is 3.83 Å². The van der Waals surface area contributed by atoms with Gasteiger partial charge in [0, 0.05) is 56.4 Å². The second-order valence-corrected chi connectivity index (χ2v) is 0. The van der Waals surface area contributed by atoms with Crippen LogP contribution in [0.1, 0.15) is 0 Å². The summed E-state index contributed by atoms with van der Waals surface area (Å²) in [4.78, 5) is 0. The zero-order valence-corrected chi connectivity index (χ0v) is 5.58. The molecule has 0 bridgehead atoms. The van der Waals surface area contributed by atoms with E-state index in [1.807, 2.05) is 0 Å². The Bertz CT molecular complexity index is 8.00. The Hall–Kier alpha value is 2.14. The van der Waals surface area contributed by atoms with Gasteiger partial charge in [0.05, 0.1) is 0 Å². The molecular weight excluding hydrogens is 295 g/mol. The van der Waals surface area contributed by atoms with Crippen LogP contribution in [0.4, 0.5) is 0 Å². The second kappa shape index (κ2) is 19.2. The summed E-state index contributed by atoms with van der Waals surface area (Å²) in [6, 6.07) is 0. The monoisotopic (exact) mass is 295 g/mol. The Morgan fingerprint density at radius 1 is 1.25 bits per heavy atom. The summed E-state index contributed by atoms with van der Waals surface area (Å²) in [7, 11) is 0. The summed E-state index contributed by atoms with van der Waals surface area (Å²) in [5.41, 5.74) is 0. The van der Waals surface area contributed by atoms with Crippen molar-refractivity contribution in [3.05, 3.63) is 0 Å². The number of hydrogen-bond donors (Lipinski definition) is 0. The number of rotatable bonds is 0. The normalized spacial score (nSPS) is 1.50. The van der Waals surface area contributed by atoms with Crippen LogP contribution in [-0.4, -0.2) is 0 Å². The molecule has 0 unspecified atom stereocenters. The molecular formula is CuGdNiO. The van der Waals surface area contributed by atoms with Crippen LogP contribution in [0.15, 0.2) is 0 Å². The maximum absolute atomic E-state index is 7.81. The van der Waals surface area contributed by atoms with Gasteiger partial charge in [0.2, 0.25) is 0 Å². The van der Waals surface area contributed by atoms with E-state index in [9.17, 15) is 0 Å². The Kier molecular flexibility index (Phi) is 79.2. The van der Waals surface area contributed by atoms with E-state index in [2.05, 4.69) is 15.9 Å². The van der Waals surface area contributed by atoms with E-state index in [1.54, 1.807) is 0 Å². The quantitative estimate of drug-likeness (QED) is 0.569. The first kappa shape index (κ1) is 16.5. The SMILES string of the molecule is [Gd].[Ni].[O]=[Cu]. The molecule has 0 rings (SSSR count). The molecule has 0 aromatic carbocycles. The fourth-order valence-electron chi connectivity index (χ4n) is 0. The van der Waals surface area contributed by atoms with Crippen molar-refractivity contribution in [2.75, 3.05) is 0 Å². The first-order valence-electron chi connectivity index (χ1n) is 0.123. The summed E-state index contributed by atoms with van der Waals surface area (Å²) in [5, 5.41) is 0. The van der Waals surface area contributed by atoms with Crippen LogP contribution in [0.2, 0.25) is 0 Å². The first-order chi connectivity index (χ1) is 1.00. The van der Waals surface area contributed by atoms with Crippen molar-refractivity contribution in [3.8, 4) is 0 Å². The zero-order chi connectivity index (χ0) is 2.00. The molecule has 0 aliphatic rings. The maximum atomic E-state index is 7.81. The predicted molar refractivity (Wildman–Crippen MR) is 0.686 cm³/mol. The zero-order valence-electron chi connectivity index (χ0n) is 1.38. The molecule has 35 valence electrons. The van der Waals surface area contributed by atoms with Crippen LogP contribution in [0, 0.1) is 39.9 Å². The third-order valence-corrected chi connectivity index (χ3v) is 0. The van der Waals surface area contributed by atoms with Gasteiger partial charge in [0.15, 0.2) is 0 Å². The van der Waals surface area contributed by atoms with Crippen LogP contribution in [0.3, 0.4) is 0 Å². The molecule has 4 heteroatoms. The molecule has 0 saturated carbocycles. The molecule has 0 atom stereocenters. The third kappa shape index (κ3) is 8.91. The molecule has 0 fully saturated rings. The van der Waals surface area contributed by atoms with Crippen molar-refractivity contribution in [1.82, 2.24) is 0 Å². The van der Waals surface area contributed by atoms with Crippen molar-refractivity contribution in [3.63, 3.8) is 0 Å². The van der Waals surface area contributed by atoms with Gasteiger partial charge in [-0.3, -0.25) is 0 Å². The van der Waals surface area contributed by atoms with E-state index in [-0.39, 0.29) is 56.4 Å². The van der Waals surface area contributed by atoms with Gasteiger partial charge >= 0.3 is 19.8 Å². The fourth-order valence-corrected chi connectivity index (χ4v) is 0. The van der Waals surface area contributed by atoms with Gasteiger partial charge in [-0.15, -0.1) is 0 Å². The van der Waals surface area contributed by atoms with Crippen LogP contribution in [-0.2, 0) is 36.3 Å². The topological polar surface area (TPSA) is 17.1 Å².